The molecule has 0 unspecified atom stereocenters. The Hall–Kier alpha value is -1.63. The number of halogens is 1. The van der Waals surface area contributed by atoms with Crippen LogP contribution in [0.4, 0.5) is 0 Å². The first-order valence-electron chi connectivity index (χ1n) is 8.64. The van der Waals surface area contributed by atoms with E-state index in [-0.39, 0.29) is 29.4 Å². The van der Waals surface area contributed by atoms with Crippen LogP contribution < -0.4 is 10.6 Å². The molecule has 134 valence electrons. The van der Waals surface area contributed by atoms with E-state index in [4.69, 9.17) is 0 Å². The summed E-state index contributed by atoms with van der Waals surface area (Å²) in [5.74, 6) is 0.866. The first kappa shape index (κ1) is 19.7. The van der Waals surface area contributed by atoms with Crippen LogP contribution >= 0.6 is 24.0 Å². The van der Waals surface area contributed by atoms with Gasteiger partial charge in [0.25, 0.3) is 0 Å². The molecule has 25 heavy (non-hydrogen) atoms. The molecule has 1 saturated carbocycles. The van der Waals surface area contributed by atoms with Crippen molar-refractivity contribution in [2.45, 2.75) is 31.6 Å². The largest absolute Gasteiger partial charge is 0.356 e. The van der Waals surface area contributed by atoms with E-state index in [1.54, 1.807) is 0 Å². The third-order valence-electron chi connectivity index (χ3n) is 4.79. The average molecular weight is 450 g/mol. The van der Waals surface area contributed by atoms with Crippen molar-refractivity contribution in [3.05, 3.63) is 65.5 Å². The fourth-order valence-electron chi connectivity index (χ4n) is 3.19. The molecule has 2 aromatic rings. The highest BCUT2D eigenvalue weighted by molar-refractivity contribution is 14.0. The first-order chi connectivity index (χ1) is 11.7. The fraction of sp³-hybridized carbons (Fsp3) is 0.400. The van der Waals surface area contributed by atoms with Crippen molar-refractivity contribution in [1.82, 2.24) is 15.6 Å². The van der Waals surface area contributed by atoms with Gasteiger partial charge in [0.1, 0.15) is 0 Å². The SMILES string of the molecule is CN=C(NCCc1ccccn1)NCC1(c2ccccc2C)CC1.I. The van der Waals surface area contributed by atoms with Gasteiger partial charge in [-0.2, -0.15) is 0 Å². The second kappa shape index (κ2) is 9.17. The molecule has 1 aromatic carbocycles. The maximum atomic E-state index is 4.35. The van der Waals surface area contributed by atoms with E-state index in [9.17, 15) is 0 Å². The number of benzene rings is 1. The fourth-order valence-corrected chi connectivity index (χ4v) is 3.19. The molecule has 0 saturated heterocycles. The third kappa shape index (κ3) is 5.17. The number of nitrogens with zero attached hydrogens (tertiary/aromatic N) is 2. The number of nitrogens with one attached hydrogen (secondary N) is 2. The van der Waals surface area contributed by atoms with E-state index < -0.39 is 0 Å². The molecule has 1 fully saturated rings. The number of hydrogen-bond donors (Lipinski definition) is 2. The number of aryl methyl sites for hydroxylation is 1. The Labute approximate surface area is 167 Å². The lowest BCUT2D eigenvalue weighted by Gasteiger charge is -2.20. The summed E-state index contributed by atoms with van der Waals surface area (Å²) in [5.41, 5.74) is 4.24. The van der Waals surface area contributed by atoms with Crippen LogP contribution in [0.25, 0.3) is 0 Å². The minimum Gasteiger partial charge on any atom is -0.356 e. The van der Waals surface area contributed by atoms with Gasteiger partial charge in [-0.1, -0.05) is 30.3 Å². The topological polar surface area (TPSA) is 49.3 Å². The van der Waals surface area contributed by atoms with Gasteiger partial charge in [-0.25, -0.2) is 0 Å². The summed E-state index contributed by atoms with van der Waals surface area (Å²) >= 11 is 0. The summed E-state index contributed by atoms with van der Waals surface area (Å²) < 4.78 is 0. The van der Waals surface area contributed by atoms with Crippen molar-refractivity contribution in [2.75, 3.05) is 20.1 Å². The predicted octanol–water partition coefficient (Wildman–Crippen LogP) is 3.45. The predicted molar refractivity (Wildman–Crippen MR) is 115 cm³/mol. The summed E-state index contributed by atoms with van der Waals surface area (Å²) in [6.45, 7) is 3.96. The molecule has 0 atom stereocenters. The van der Waals surface area contributed by atoms with Crippen molar-refractivity contribution in [2.24, 2.45) is 4.99 Å². The molecular formula is C20H27IN4. The zero-order chi connectivity index (χ0) is 16.8. The van der Waals surface area contributed by atoms with Crippen LogP contribution in [0.3, 0.4) is 0 Å². The number of aliphatic imine (C=N–C) groups is 1. The summed E-state index contributed by atoms with van der Waals surface area (Å²) in [4.78, 5) is 8.69. The van der Waals surface area contributed by atoms with Gasteiger partial charge in [0.05, 0.1) is 0 Å². The first-order valence-corrected chi connectivity index (χ1v) is 8.64. The lowest BCUT2D eigenvalue weighted by molar-refractivity contribution is 0.641. The van der Waals surface area contributed by atoms with Gasteiger partial charge < -0.3 is 10.6 Å². The maximum Gasteiger partial charge on any atom is 0.191 e. The highest BCUT2D eigenvalue weighted by Crippen LogP contribution is 2.48. The number of pyridine rings is 1. The number of rotatable bonds is 6. The number of hydrogen-bond acceptors (Lipinski definition) is 2. The zero-order valence-corrected chi connectivity index (χ0v) is 17.3. The molecule has 3 rings (SSSR count). The Kier molecular flexibility index (Phi) is 7.23. The maximum absolute atomic E-state index is 4.35. The minimum atomic E-state index is 0. The second-order valence-corrected chi connectivity index (χ2v) is 6.52. The van der Waals surface area contributed by atoms with Crippen LogP contribution in [0.2, 0.25) is 0 Å². The highest BCUT2D eigenvalue weighted by Gasteiger charge is 2.44. The van der Waals surface area contributed by atoms with Crippen LogP contribution in [0.5, 0.6) is 0 Å². The van der Waals surface area contributed by atoms with Gasteiger partial charge >= 0.3 is 0 Å². The molecule has 0 amide bonds. The Balaban J connectivity index is 0.00000225. The van der Waals surface area contributed by atoms with Crippen LogP contribution in [0.1, 0.15) is 29.7 Å². The zero-order valence-electron chi connectivity index (χ0n) is 15.0. The monoisotopic (exact) mass is 450 g/mol. The molecule has 5 heteroatoms. The van der Waals surface area contributed by atoms with Gasteiger partial charge in [-0.05, 0) is 43.0 Å². The Morgan fingerprint density at radius 1 is 1.12 bits per heavy atom. The summed E-state index contributed by atoms with van der Waals surface area (Å²) in [7, 11) is 1.82. The molecule has 1 aromatic heterocycles. The Morgan fingerprint density at radius 2 is 1.88 bits per heavy atom. The quantitative estimate of drug-likeness (QED) is 0.403. The molecule has 4 nitrogen and oxygen atoms in total. The van der Waals surface area contributed by atoms with Crippen LogP contribution in [-0.2, 0) is 11.8 Å². The van der Waals surface area contributed by atoms with E-state index >= 15 is 0 Å². The van der Waals surface area contributed by atoms with Gasteiger partial charge in [0, 0.05) is 43.9 Å². The third-order valence-corrected chi connectivity index (χ3v) is 4.79. The summed E-state index contributed by atoms with van der Waals surface area (Å²) in [5, 5.41) is 6.89. The number of guanidine groups is 1. The normalized spacial score (nSPS) is 15.2. The molecular weight excluding hydrogens is 423 g/mol. The highest BCUT2D eigenvalue weighted by atomic mass is 127. The van der Waals surface area contributed by atoms with E-state index in [1.807, 2.05) is 25.4 Å². The Morgan fingerprint density at radius 3 is 2.52 bits per heavy atom. The van der Waals surface area contributed by atoms with Crippen molar-refractivity contribution in [3.63, 3.8) is 0 Å². The Bertz CT molecular complexity index is 696. The van der Waals surface area contributed by atoms with Gasteiger partial charge in [-0.15, -0.1) is 24.0 Å². The van der Waals surface area contributed by atoms with Crippen molar-refractivity contribution in [1.29, 1.82) is 0 Å². The standard InChI is InChI=1S/C20H26N4.HI/c1-16-7-3-4-9-18(16)20(11-12-20)15-24-19(21-2)23-14-10-17-8-5-6-13-22-17;/h3-9,13H,10-12,14-15H2,1-2H3,(H2,21,23,24);1H. The van der Waals surface area contributed by atoms with Crippen LogP contribution in [-0.4, -0.2) is 31.1 Å². The second-order valence-electron chi connectivity index (χ2n) is 6.52. The molecule has 0 bridgehead atoms. The molecule has 0 aliphatic heterocycles. The summed E-state index contributed by atoms with van der Waals surface area (Å²) in [6, 6.07) is 14.7. The lowest BCUT2D eigenvalue weighted by Crippen LogP contribution is -2.42. The average Bonchev–Trinajstić information content (AvgIpc) is 3.40. The van der Waals surface area contributed by atoms with Crippen molar-refractivity contribution >= 4 is 29.9 Å². The van der Waals surface area contributed by atoms with Gasteiger partial charge in [0.2, 0.25) is 0 Å². The van der Waals surface area contributed by atoms with E-state index in [0.29, 0.717) is 0 Å². The molecule has 1 heterocycles. The summed E-state index contributed by atoms with van der Waals surface area (Å²) in [6.07, 6.45) is 5.22. The lowest BCUT2D eigenvalue weighted by atomic mass is 9.92. The molecule has 2 N–H and O–H groups in total. The van der Waals surface area contributed by atoms with Crippen LogP contribution in [0, 0.1) is 6.92 Å². The van der Waals surface area contributed by atoms with Gasteiger partial charge in [-0.3, -0.25) is 9.98 Å². The minimum absolute atomic E-state index is 0. The van der Waals surface area contributed by atoms with Crippen molar-refractivity contribution in [3.8, 4) is 0 Å². The number of aromatic nitrogens is 1. The molecule has 1 aliphatic carbocycles. The van der Waals surface area contributed by atoms with E-state index in [1.165, 1.54) is 24.0 Å². The smallest absolute Gasteiger partial charge is 0.191 e. The van der Waals surface area contributed by atoms with Crippen LogP contribution in [0.15, 0.2) is 53.7 Å². The molecule has 1 aliphatic rings. The van der Waals surface area contributed by atoms with Gasteiger partial charge in [0.15, 0.2) is 5.96 Å². The van der Waals surface area contributed by atoms with Crippen molar-refractivity contribution < 1.29 is 0 Å². The molecule has 0 radical (unpaired) electrons. The van der Waals surface area contributed by atoms with E-state index in [0.717, 1.165) is 31.2 Å². The van der Waals surface area contributed by atoms with E-state index in [2.05, 4.69) is 57.9 Å². The molecule has 0 spiro atoms.